The number of nitrogens with one attached hydrogen (secondary N) is 1. The molecule has 1 aromatic carbocycles. The highest BCUT2D eigenvalue weighted by atomic mass is 79.9. The lowest BCUT2D eigenvalue weighted by atomic mass is 10.1. The van der Waals surface area contributed by atoms with Crippen LogP contribution >= 0.6 is 15.9 Å². The molecule has 1 saturated carbocycles. The lowest BCUT2D eigenvalue weighted by molar-refractivity contribution is 0.0808. The fourth-order valence-corrected chi connectivity index (χ4v) is 3.16. The highest BCUT2D eigenvalue weighted by Crippen LogP contribution is 2.38. The lowest BCUT2D eigenvalue weighted by Gasteiger charge is -2.20. The molecule has 3 rings (SSSR count). The molecule has 104 valence electrons. The van der Waals surface area contributed by atoms with E-state index in [1.807, 2.05) is 12.1 Å². The summed E-state index contributed by atoms with van der Waals surface area (Å²) in [7, 11) is 1.70. The molecule has 0 aromatic heterocycles. The van der Waals surface area contributed by atoms with Crippen LogP contribution in [-0.2, 0) is 11.3 Å². The summed E-state index contributed by atoms with van der Waals surface area (Å²) in [5, 5.41) is 3.65. The molecule has 0 amide bonds. The van der Waals surface area contributed by atoms with Crippen molar-refractivity contribution in [2.24, 2.45) is 5.92 Å². The molecule has 2 unspecified atom stereocenters. The predicted octanol–water partition coefficient (Wildman–Crippen LogP) is 3.11. The van der Waals surface area contributed by atoms with Gasteiger partial charge in [0.25, 0.3) is 0 Å². The summed E-state index contributed by atoms with van der Waals surface area (Å²) >= 11 is 3.60. The van der Waals surface area contributed by atoms with E-state index in [1.165, 1.54) is 18.4 Å². The maximum absolute atomic E-state index is 5.85. The quantitative estimate of drug-likeness (QED) is 0.902. The number of rotatable bonds is 5. The van der Waals surface area contributed by atoms with Gasteiger partial charge in [0.2, 0.25) is 0 Å². The van der Waals surface area contributed by atoms with Crippen molar-refractivity contribution in [2.45, 2.75) is 38.0 Å². The number of halogens is 1. The lowest BCUT2D eigenvalue weighted by Crippen LogP contribution is -2.37. The van der Waals surface area contributed by atoms with Crippen LogP contribution in [0.4, 0.5) is 0 Å². The van der Waals surface area contributed by atoms with Crippen LogP contribution in [0.5, 0.6) is 5.75 Å². The zero-order valence-electron chi connectivity index (χ0n) is 11.2. The molecule has 1 aliphatic heterocycles. The van der Waals surface area contributed by atoms with Gasteiger partial charge in [-0.3, -0.25) is 0 Å². The second kappa shape index (κ2) is 5.81. The summed E-state index contributed by atoms with van der Waals surface area (Å²) in [6, 6.07) is 6.60. The first-order valence-electron chi connectivity index (χ1n) is 6.95. The normalized spacial score (nSPS) is 26.6. The second-order valence-corrected chi connectivity index (χ2v) is 6.26. The van der Waals surface area contributed by atoms with Gasteiger partial charge in [-0.15, -0.1) is 0 Å². The van der Waals surface area contributed by atoms with Crippen LogP contribution in [0, 0.1) is 5.92 Å². The van der Waals surface area contributed by atoms with E-state index in [2.05, 4.69) is 27.3 Å². The summed E-state index contributed by atoms with van der Waals surface area (Å²) in [5.74, 6) is 1.70. The van der Waals surface area contributed by atoms with Crippen molar-refractivity contribution in [3.8, 4) is 5.75 Å². The van der Waals surface area contributed by atoms with Crippen LogP contribution in [0.1, 0.15) is 24.8 Å². The van der Waals surface area contributed by atoms with Crippen LogP contribution in [-0.4, -0.2) is 25.9 Å². The van der Waals surface area contributed by atoms with Crippen LogP contribution in [0.15, 0.2) is 22.7 Å². The number of methoxy groups -OCH3 is 1. The van der Waals surface area contributed by atoms with Gasteiger partial charge < -0.3 is 14.8 Å². The molecule has 1 aromatic rings. The third-order valence-corrected chi connectivity index (χ3v) is 4.80. The van der Waals surface area contributed by atoms with E-state index in [0.29, 0.717) is 12.1 Å². The van der Waals surface area contributed by atoms with Gasteiger partial charge in [-0.1, -0.05) is 15.9 Å². The SMILES string of the molecule is COc1ccc(Br)c(CNC2CCOC2C2CC2)c1. The van der Waals surface area contributed by atoms with Gasteiger partial charge in [-0.25, -0.2) is 0 Å². The van der Waals surface area contributed by atoms with Crippen LogP contribution in [0.2, 0.25) is 0 Å². The molecular weight excluding hydrogens is 306 g/mol. The average molecular weight is 326 g/mol. The van der Waals surface area contributed by atoms with Gasteiger partial charge in [-0.05, 0) is 48.9 Å². The third-order valence-electron chi connectivity index (χ3n) is 4.03. The molecule has 0 bridgehead atoms. The van der Waals surface area contributed by atoms with Gasteiger partial charge in [0, 0.05) is 23.7 Å². The van der Waals surface area contributed by atoms with Crippen LogP contribution in [0.25, 0.3) is 0 Å². The Balaban J connectivity index is 1.62. The van der Waals surface area contributed by atoms with Crippen molar-refractivity contribution >= 4 is 15.9 Å². The van der Waals surface area contributed by atoms with E-state index in [-0.39, 0.29) is 0 Å². The Morgan fingerprint density at radius 3 is 2.95 bits per heavy atom. The molecule has 0 spiro atoms. The second-order valence-electron chi connectivity index (χ2n) is 5.41. The predicted molar refractivity (Wildman–Crippen MR) is 78.4 cm³/mol. The molecule has 2 aliphatic rings. The molecule has 1 heterocycles. The fraction of sp³-hybridized carbons (Fsp3) is 0.600. The smallest absolute Gasteiger partial charge is 0.119 e. The number of hydrogen-bond acceptors (Lipinski definition) is 3. The minimum atomic E-state index is 0.435. The summed E-state index contributed by atoms with van der Waals surface area (Å²) in [6.45, 7) is 1.76. The molecule has 3 nitrogen and oxygen atoms in total. The average Bonchev–Trinajstić information content (AvgIpc) is 3.17. The van der Waals surface area contributed by atoms with Crippen LogP contribution in [0.3, 0.4) is 0 Å². The standard InChI is InChI=1S/C15H20BrNO2/c1-18-12-4-5-13(16)11(8-12)9-17-14-6-7-19-15(14)10-2-3-10/h4-5,8,10,14-15,17H,2-3,6-7,9H2,1H3. The highest BCUT2D eigenvalue weighted by molar-refractivity contribution is 9.10. The molecular formula is C15H20BrNO2. The van der Waals surface area contributed by atoms with Gasteiger partial charge in [0.15, 0.2) is 0 Å². The Morgan fingerprint density at radius 2 is 2.21 bits per heavy atom. The fourth-order valence-electron chi connectivity index (χ4n) is 2.77. The molecule has 19 heavy (non-hydrogen) atoms. The van der Waals surface area contributed by atoms with Crippen LogP contribution < -0.4 is 10.1 Å². The van der Waals surface area contributed by atoms with Gasteiger partial charge in [-0.2, -0.15) is 0 Å². The molecule has 2 atom stereocenters. The van der Waals surface area contributed by atoms with Crippen molar-refractivity contribution in [2.75, 3.05) is 13.7 Å². The Kier molecular flexibility index (Phi) is 4.10. The monoisotopic (exact) mass is 325 g/mol. The summed E-state index contributed by atoms with van der Waals surface area (Å²) < 4.78 is 12.3. The van der Waals surface area contributed by atoms with E-state index in [4.69, 9.17) is 9.47 Å². The van der Waals surface area contributed by atoms with E-state index >= 15 is 0 Å². The topological polar surface area (TPSA) is 30.5 Å². The molecule has 2 fully saturated rings. The maximum atomic E-state index is 5.85. The van der Waals surface area contributed by atoms with E-state index in [9.17, 15) is 0 Å². The van der Waals surface area contributed by atoms with Gasteiger partial charge in [0.05, 0.1) is 13.2 Å². The molecule has 1 aliphatic carbocycles. The first-order valence-corrected chi connectivity index (χ1v) is 7.74. The highest BCUT2D eigenvalue weighted by Gasteiger charge is 2.40. The number of benzene rings is 1. The minimum Gasteiger partial charge on any atom is -0.497 e. The molecule has 4 heteroatoms. The third kappa shape index (κ3) is 3.12. The Bertz CT molecular complexity index is 448. The number of hydrogen-bond donors (Lipinski definition) is 1. The van der Waals surface area contributed by atoms with Crippen molar-refractivity contribution in [3.63, 3.8) is 0 Å². The van der Waals surface area contributed by atoms with Crippen molar-refractivity contribution in [1.29, 1.82) is 0 Å². The van der Waals surface area contributed by atoms with E-state index < -0.39 is 0 Å². The minimum absolute atomic E-state index is 0.435. The Morgan fingerprint density at radius 1 is 1.37 bits per heavy atom. The summed E-state index contributed by atoms with van der Waals surface area (Å²) in [5.41, 5.74) is 1.24. The zero-order chi connectivity index (χ0) is 13.2. The summed E-state index contributed by atoms with van der Waals surface area (Å²) in [6.07, 6.45) is 4.24. The summed E-state index contributed by atoms with van der Waals surface area (Å²) in [4.78, 5) is 0. The van der Waals surface area contributed by atoms with Crippen molar-refractivity contribution in [3.05, 3.63) is 28.2 Å². The Labute approximate surface area is 122 Å². The van der Waals surface area contributed by atoms with Crippen molar-refractivity contribution < 1.29 is 9.47 Å². The molecule has 1 saturated heterocycles. The zero-order valence-corrected chi connectivity index (χ0v) is 12.8. The van der Waals surface area contributed by atoms with E-state index in [0.717, 1.165) is 35.7 Å². The van der Waals surface area contributed by atoms with Gasteiger partial charge in [0.1, 0.15) is 5.75 Å². The largest absolute Gasteiger partial charge is 0.497 e. The Hall–Kier alpha value is -0.580. The molecule has 1 N–H and O–H groups in total. The van der Waals surface area contributed by atoms with Gasteiger partial charge >= 0.3 is 0 Å². The first kappa shape index (κ1) is 13.4. The first-order chi connectivity index (χ1) is 9.28. The maximum Gasteiger partial charge on any atom is 0.119 e. The number of ether oxygens (including phenoxy) is 2. The van der Waals surface area contributed by atoms with Crippen molar-refractivity contribution in [1.82, 2.24) is 5.32 Å². The van der Waals surface area contributed by atoms with E-state index in [1.54, 1.807) is 7.11 Å². The molecule has 0 radical (unpaired) electrons.